The number of carboxylic acid groups (broad SMARTS) is 1. The minimum Gasteiger partial charge on any atom is -0.477 e. The van der Waals surface area contributed by atoms with Crippen LogP contribution >= 0.6 is 0 Å². The molecule has 9 nitrogen and oxygen atoms in total. The Labute approximate surface area is 405 Å². The van der Waals surface area contributed by atoms with Gasteiger partial charge in [0.2, 0.25) is 0 Å². The molecule has 0 aliphatic heterocycles. The average molecular weight is 929 g/mol. The van der Waals surface area contributed by atoms with Crippen LogP contribution in [0.15, 0.2) is 60.8 Å². The van der Waals surface area contributed by atoms with Crippen molar-refractivity contribution < 1.29 is 42.9 Å². The number of hydrogen-bond donors (Lipinski definition) is 1. The molecule has 0 heterocycles. The van der Waals surface area contributed by atoms with Gasteiger partial charge in [0, 0.05) is 12.8 Å². The minimum atomic E-state index is -1.51. The summed E-state index contributed by atoms with van der Waals surface area (Å²) in [5, 5.41) is 9.67. The number of hydrogen-bond acceptors (Lipinski definition) is 7. The minimum absolute atomic E-state index is 0.183. The van der Waals surface area contributed by atoms with Gasteiger partial charge in [0.05, 0.1) is 34.4 Å². The maximum Gasteiger partial charge on any atom is 0.361 e. The Kier molecular flexibility index (Phi) is 46.2. The smallest absolute Gasteiger partial charge is 0.361 e. The Morgan fingerprint density at radius 1 is 0.455 bits per heavy atom. The fourth-order valence-corrected chi connectivity index (χ4v) is 7.27. The highest BCUT2D eigenvalue weighted by molar-refractivity contribution is 5.71. The van der Waals surface area contributed by atoms with Gasteiger partial charge in [0.15, 0.2) is 6.10 Å². The van der Waals surface area contributed by atoms with E-state index in [1.807, 2.05) is 21.1 Å². The first-order chi connectivity index (χ1) is 32.1. The van der Waals surface area contributed by atoms with E-state index in [2.05, 4.69) is 74.6 Å². The Morgan fingerprint density at radius 3 is 1.26 bits per heavy atom. The van der Waals surface area contributed by atoms with Crippen molar-refractivity contribution in [3.05, 3.63) is 60.8 Å². The van der Waals surface area contributed by atoms with Crippen LogP contribution in [0.2, 0.25) is 0 Å². The lowest BCUT2D eigenvalue weighted by Gasteiger charge is -2.25. The van der Waals surface area contributed by atoms with Crippen LogP contribution in [0, 0.1) is 0 Å². The number of rotatable bonds is 49. The van der Waals surface area contributed by atoms with Crippen LogP contribution in [0.1, 0.15) is 226 Å². The molecule has 2 atom stereocenters. The fourth-order valence-electron chi connectivity index (χ4n) is 7.27. The maximum absolute atomic E-state index is 12.8. The SMILES string of the molecule is CCCC/C=C\C/C=C\CCCCCCCC(=O)OCC(COC(OCC[N+](C)(C)C)C(=O)O)OC(=O)CCCCCCCCCCCCCC/C=C\C/C=C\C/C=C\CCCCCCC. The summed E-state index contributed by atoms with van der Waals surface area (Å²) in [6.45, 7) is 4.81. The van der Waals surface area contributed by atoms with Gasteiger partial charge in [-0.15, -0.1) is 0 Å². The molecular weight excluding hydrogens is 827 g/mol. The molecule has 0 saturated heterocycles. The standard InChI is InChI=1S/C57H101NO8/c1-6-8-10-12-14-16-18-20-22-23-24-25-26-27-28-29-30-31-32-33-34-36-38-40-42-44-46-48-55(60)66-53(52-65-57(56(61)62)63-50-49-58(3,4)5)51-64-54(59)47-45-43-41-39-37-35-21-19-17-15-13-11-9-7-2/h13,15,18-21,23-24,26-27,53,57H,6-12,14,16-17,22,25,28-52H2,1-5H3/p+1/b15-13-,20-18-,21-19-,24-23-,27-26-. The largest absolute Gasteiger partial charge is 0.477 e. The monoisotopic (exact) mass is 929 g/mol. The maximum atomic E-state index is 12.8. The van der Waals surface area contributed by atoms with Gasteiger partial charge in [-0.25, -0.2) is 4.79 Å². The molecule has 382 valence electrons. The zero-order valence-electron chi connectivity index (χ0n) is 43.3. The summed E-state index contributed by atoms with van der Waals surface area (Å²) in [7, 11) is 5.96. The molecule has 1 N–H and O–H groups in total. The molecule has 0 aromatic carbocycles. The van der Waals surface area contributed by atoms with Gasteiger partial charge in [0.25, 0.3) is 6.29 Å². The van der Waals surface area contributed by atoms with Crippen LogP contribution in [-0.2, 0) is 33.3 Å². The first kappa shape index (κ1) is 63.0. The summed E-state index contributed by atoms with van der Waals surface area (Å²) in [5.74, 6) is -2.03. The molecule has 0 spiro atoms. The van der Waals surface area contributed by atoms with Crippen molar-refractivity contribution in [2.45, 2.75) is 238 Å². The van der Waals surface area contributed by atoms with Gasteiger partial charge in [-0.3, -0.25) is 9.59 Å². The Balaban J connectivity index is 4.25. The average Bonchev–Trinajstić information content (AvgIpc) is 3.28. The fraction of sp³-hybridized carbons (Fsp3) is 0.772. The number of carboxylic acids is 1. The molecule has 2 unspecified atom stereocenters. The lowest BCUT2D eigenvalue weighted by molar-refractivity contribution is -0.870. The number of allylic oxidation sites excluding steroid dienone is 10. The lowest BCUT2D eigenvalue weighted by Crippen LogP contribution is -2.40. The molecule has 0 rings (SSSR count). The number of likely N-dealkylation sites (N-methyl/N-ethyl adjacent to an activating group) is 1. The molecule has 0 aliphatic carbocycles. The third-order valence-corrected chi connectivity index (χ3v) is 11.5. The van der Waals surface area contributed by atoms with E-state index in [4.69, 9.17) is 18.9 Å². The topological polar surface area (TPSA) is 108 Å². The van der Waals surface area contributed by atoms with E-state index in [9.17, 15) is 19.5 Å². The van der Waals surface area contributed by atoms with E-state index in [1.54, 1.807) is 0 Å². The van der Waals surface area contributed by atoms with Gasteiger partial charge in [-0.2, -0.15) is 0 Å². The second-order valence-electron chi connectivity index (χ2n) is 19.2. The van der Waals surface area contributed by atoms with E-state index in [-0.39, 0.29) is 38.6 Å². The Bertz CT molecular complexity index is 1270. The summed E-state index contributed by atoms with van der Waals surface area (Å²) in [4.78, 5) is 37.3. The van der Waals surface area contributed by atoms with E-state index in [0.717, 1.165) is 83.5 Å². The van der Waals surface area contributed by atoms with Gasteiger partial charge >= 0.3 is 17.9 Å². The molecule has 0 aromatic rings. The van der Waals surface area contributed by atoms with Gasteiger partial charge in [-0.05, 0) is 77.0 Å². The zero-order valence-corrected chi connectivity index (χ0v) is 43.3. The summed E-state index contributed by atoms with van der Waals surface area (Å²) < 4.78 is 22.8. The van der Waals surface area contributed by atoms with Crippen molar-refractivity contribution in [1.29, 1.82) is 0 Å². The summed E-state index contributed by atoms with van der Waals surface area (Å²) in [6, 6.07) is 0. The highest BCUT2D eigenvalue weighted by Crippen LogP contribution is 2.15. The van der Waals surface area contributed by atoms with Crippen LogP contribution in [0.5, 0.6) is 0 Å². The molecule has 0 fully saturated rings. The van der Waals surface area contributed by atoms with Crippen LogP contribution in [0.25, 0.3) is 0 Å². The van der Waals surface area contributed by atoms with Crippen LogP contribution in [0.3, 0.4) is 0 Å². The molecular formula is C57H102NO8+. The molecule has 0 amide bonds. The van der Waals surface area contributed by atoms with Crippen molar-refractivity contribution in [2.24, 2.45) is 0 Å². The number of esters is 2. The first-order valence-corrected chi connectivity index (χ1v) is 27.0. The second kappa shape index (κ2) is 48.4. The van der Waals surface area contributed by atoms with E-state index in [1.165, 1.54) is 109 Å². The Morgan fingerprint density at radius 2 is 0.833 bits per heavy atom. The highest BCUT2D eigenvalue weighted by Gasteiger charge is 2.25. The van der Waals surface area contributed by atoms with Crippen molar-refractivity contribution >= 4 is 17.9 Å². The van der Waals surface area contributed by atoms with Crippen molar-refractivity contribution in [1.82, 2.24) is 0 Å². The van der Waals surface area contributed by atoms with Gasteiger partial charge < -0.3 is 28.5 Å². The van der Waals surface area contributed by atoms with Gasteiger partial charge in [0.1, 0.15) is 13.2 Å². The van der Waals surface area contributed by atoms with Crippen LogP contribution in [0.4, 0.5) is 0 Å². The molecule has 0 bridgehead atoms. The molecule has 0 radical (unpaired) electrons. The van der Waals surface area contributed by atoms with Crippen molar-refractivity contribution in [2.75, 3.05) is 47.5 Å². The zero-order chi connectivity index (χ0) is 48.4. The second-order valence-corrected chi connectivity index (χ2v) is 19.2. The summed E-state index contributed by atoms with van der Waals surface area (Å²) in [5.41, 5.74) is 0. The molecule has 66 heavy (non-hydrogen) atoms. The number of quaternary nitrogens is 1. The summed E-state index contributed by atoms with van der Waals surface area (Å²) >= 11 is 0. The number of carbonyl (C=O) groups excluding carboxylic acids is 2. The molecule has 0 aliphatic rings. The molecule has 9 heteroatoms. The quantitative estimate of drug-likeness (QED) is 0.0211. The normalized spacial score (nSPS) is 13.3. The predicted octanol–water partition coefficient (Wildman–Crippen LogP) is 15.3. The van der Waals surface area contributed by atoms with Crippen molar-refractivity contribution in [3.63, 3.8) is 0 Å². The third kappa shape index (κ3) is 48.9. The predicted molar refractivity (Wildman–Crippen MR) is 276 cm³/mol. The van der Waals surface area contributed by atoms with Crippen molar-refractivity contribution in [3.8, 4) is 0 Å². The number of carbonyl (C=O) groups is 3. The highest BCUT2D eigenvalue weighted by atomic mass is 16.7. The molecule has 0 aromatic heterocycles. The van der Waals surface area contributed by atoms with Crippen LogP contribution < -0.4 is 0 Å². The number of aliphatic carboxylic acids is 1. The van der Waals surface area contributed by atoms with E-state index >= 15 is 0 Å². The third-order valence-electron chi connectivity index (χ3n) is 11.5. The number of unbranched alkanes of at least 4 members (excludes halogenated alkanes) is 24. The summed E-state index contributed by atoms with van der Waals surface area (Å²) in [6.07, 6.45) is 57.2. The van der Waals surface area contributed by atoms with Gasteiger partial charge in [-0.1, -0.05) is 197 Å². The number of ether oxygens (including phenoxy) is 4. The van der Waals surface area contributed by atoms with Crippen LogP contribution in [-0.4, -0.2) is 87.4 Å². The lowest BCUT2D eigenvalue weighted by atomic mass is 10.0. The number of nitrogens with zero attached hydrogens (tertiary/aromatic N) is 1. The Hall–Kier alpha value is -3.01. The van der Waals surface area contributed by atoms with E-state index in [0.29, 0.717) is 17.4 Å². The first-order valence-electron chi connectivity index (χ1n) is 27.0. The molecule has 0 saturated carbocycles. The van der Waals surface area contributed by atoms with E-state index < -0.39 is 24.3 Å².